The van der Waals surface area contributed by atoms with Crippen molar-refractivity contribution < 1.29 is 27.4 Å². The number of alkyl halides is 3. The SMILES string of the molecule is O=Cc1cc(-c2cccc(OC(F)(F)F)c2)ccc1OCc1ccccc1. The number of ether oxygens (including phenoxy) is 2. The van der Waals surface area contributed by atoms with E-state index in [0.29, 0.717) is 35.3 Å². The van der Waals surface area contributed by atoms with Gasteiger partial charge in [0.05, 0.1) is 5.56 Å². The first kappa shape index (κ1) is 18.5. The first-order valence-corrected chi connectivity index (χ1v) is 8.07. The summed E-state index contributed by atoms with van der Waals surface area (Å²) in [7, 11) is 0. The summed E-state index contributed by atoms with van der Waals surface area (Å²) >= 11 is 0. The third kappa shape index (κ3) is 5.10. The number of carbonyl (C=O) groups is 1. The van der Waals surface area contributed by atoms with Crippen LogP contribution in [0.15, 0.2) is 72.8 Å². The molecule has 138 valence electrons. The zero-order valence-electron chi connectivity index (χ0n) is 14.1. The lowest BCUT2D eigenvalue weighted by Crippen LogP contribution is -2.17. The van der Waals surface area contributed by atoms with Crippen LogP contribution >= 0.6 is 0 Å². The molecule has 0 saturated heterocycles. The fourth-order valence-corrected chi connectivity index (χ4v) is 2.56. The Morgan fingerprint density at radius 2 is 1.59 bits per heavy atom. The van der Waals surface area contributed by atoms with E-state index in [1.165, 1.54) is 18.2 Å². The van der Waals surface area contributed by atoms with E-state index >= 15 is 0 Å². The molecular weight excluding hydrogens is 357 g/mol. The highest BCUT2D eigenvalue weighted by Crippen LogP contribution is 2.30. The van der Waals surface area contributed by atoms with E-state index in [0.717, 1.165) is 5.56 Å². The van der Waals surface area contributed by atoms with Gasteiger partial charge in [-0.25, -0.2) is 0 Å². The van der Waals surface area contributed by atoms with Crippen LogP contribution in [0.1, 0.15) is 15.9 Å². The number of halogens is 3. The molecule has 0 amide bonds. The van der Waals surface area contributed by atoms with Crippen molar-refractivity contribution in [1.82, 2.24) is 0 Å². The van der Waals surface area contributed by atoms with Crippen molar-refractivity contribution in [2.24, 2.45) is 0 Å². The molecule has 0 saturated carbocycles. The molecule has 3 aromatic carbocycles. The average Bonchev–Trinajstić information content (AvgIpc) is 2.66. The Morgan fingerprint density at radius 1 is 0.852 bits per heavy atom. The van der Waals surface area contributed by atoms with Gasteiger partial charge in [0.25, 0.3) is 0 Å². The van der Waals surface area contributed by atoms with Crippen molar-refractivity contribution in [3.63, 3.8) is 0 Å². The molecule has 0 aliphatic rings. The molecule has 0 heterocycles. The molecule has 27 heavy (non-hydrogen) atoms. The van der Waals surface area contributed by atoms with Gasteiger partial charge in [-0.15, -0.1) is 13.2 Å². The molecule has 0 aliphatic heterocycles. The monoisotopic (exact) mass is 372 g/mol. The predicted octanol–water partition coefficient (Wildman–Crippen LogP) is 5.64. The summed E-state index contributed by atoms with van der Waals surface area (Å²) in [4.78, 5) is 11.4. The lowest BCUT2D eigenvalue weighted by atomic mass is 10.0. The van der Waals surface area contributed by atoms with Gasteiger partial charge < -0.3 is 9.47 Å². The minimum atomic E-state index is -4.76. The molecule has 0 radical (unpaired) electrons. The van der Waals surface area contributed by atoms with Crippen LogP contribution in [-0.2, 0) is 6.61 Å². The van der Waals surface area contributed by atoms with Crippen LogP contribution < -0.4 is 9.47 Å². The smallest absolute Gasteiger partial charge is 0.488 e. The summed E-state index contributed by atoms with van der Waals surface area (Å²) in [6.07, 6.45) is -4.11. The number of aldehydes is 1. The van der Waals surface area contributed by atoms with Crippen molar-refractivity contribution in [2.75, 3.05) is 0 Å². The Bertz CT molecular complexity index is 921. The second kappa shape index (κ2) is 7.95. The van der Waals surface area contributed by atoms with Gasteiger partial charge in [0, 0.05) is 0 Å². The minimum Gasteiger partial charge on any atom is -0.488 e. The summed E-state index contributed by atoms with van der Waals surface area (Å²) in [6, 6.07) is 19.9. The van der Waals surface area contributed by atoms with E-state index in [1.54, 1.807) is 24.3 Å². The minimum absolute atomic E-state index is 0.302. The summed E-state index contributed by atoms with van der Waals surface area (Å²) < 4.78 is 46.8. The standard InChI is InChI=1S/C21H15F3O3/c22-21(23,24)27-19-8-4-7-16(12-19)17-9-10-20(18(11-17)13-25)26-14-15-5-2-1-3-6-15/h1-13H,14H2. The number of hydrogen-bond acceptors (Lipinski definition) is 3. The first-order valence-electron chi connectivity index (χ1n) is 8.07. The topological polar surface area (TPSA) is 35.5 Å². The maximum absolute atomic E-state index is 12.4. The largest absolute Gasteiger partial charge is 0.573 e. The fourth-order valence-electron chi connectivity index (χ4n) is 2.56. The number of hydrogen-bond donors (Lipinski definition) is 0. The van der Waals surface area contributed by atoms with Crippen LogP contribution in [0.4, 0.5) is 13.2 Å². The molecule has 0 unspecified atom stereocenters. The second-order valence-electron chi connectivity index (χ2n) is 5.72. The summed E-state index contributed by atoms with van der Waals surface area (Å²) in [5.74, 6) is 0.0809. The third-order valence-corrected chi connectivity index (χ3v) is 3.77. The van der Waals surface area contributed by atoms with E-state index in [-0.39, 0.29) is 5.75 Å². The lowest BCUT2D eigenvalue weighted by molar-refractivity contribution is -0.274. The summed E-state index contributed by atoms with van der Waals surface area (Å²) in [5, 5.41) is 0. The Hall–Kier alpha value is -3.28. The molecular formula is C21H15F3O3. The van der Waals surface area contributed by atoms with E-state index < -0.39 is 6.36 Å². The molecule has 0 aromatic heterocycles. The van der Waals surface area contributed by atoms with Gasteiger partial charge in [0.2, 0.25) is 0 Å². The van der Waals surface area contributed by atoms with Crippen molar-refractivity contribution in [3.8, 4) is 22.6 Å². The third-order valence-electron chi connectivity index (χ3n) is 3.77. The summed E-state index contributed by atoms with van der Waals surface area (Å²) in [5.41, 5.74) is 2.34. The molecule has 3 nitrogen and oxygen atoms in total. The maximum Gasteiger partial charge on any atom is 0.573 e. The van der Waals surface area contributed by atoms with Crippen molar-refractivity contribution >= 4 is 6.29 Å². The lowest BCUT2D eigenvalue weighted by Gasteiger charge is -2.12. The molecule has 0 bridgehead atoms. The molecule has 0 aliphatic carbocycles. The van der Waals surface area contributed by atoms with Gasteiger partial charge in [-0.2, -0.15) is 0 Å². The van der Waals surface area contributed by atoms with E-state index in [2.05, 4.69) is 4.74 Å². The van der Waals surface area contributed by atoms with Crippen LogP contribution in [0.3, 0.4) is 0 Å². The summed E-state index contributed by atoms with van der Waals surface area (Å²) in [6.45, 7) is 0.302. The van der Waals surface area contributed by atoms with Gasteiger partial charge in [0.1, 0.15) is 18.1 Å². The first-order chi connectivity index (χ1) is 12.9. The zero-order valence-corrected chi connectivity index (χ0v) is 14.1. The molecule has 6 heteroatoms. The highest BCUT2D eigenvalue weighted by molar-refractivity contribution is 5.83. The van der Waals surface area contributed by atoms with E-state index in [4.69, 9.17) is 4.74 Å². The molecule has 0 fully saturated rings. The Kier molecular flexibility index (Phi) is 5.45. The predicted molar refractivity (Wildman–Crippen MR) is 94.7 cm³/mol. The van der Waals surface area contributed by atoms with Gasteiger partial charge in [-0.1, -0.05) is 48.5 Å². The van der Waals surface area contributed by atoms with Crippen molar-refractivity contribution in [1.29, 1.82) is 0 Å². The molecule has 0 atom stereocenters. The van der Waals surface area contributed by atoms with Gasteiger partial charge >= 0.3 is 6.36 Å². The number of carbonyl (C=O) groups excluding carboxylic acids is 1. The van der Waals surface area contributed by atoms with Crippen LogP contribution in [0.5, 0.6) is 11.5 Å². The molecule has 3 rings (SSSR count). The number of benzene rings is 3. The molecule has 0 spiro atoms. The van der Waals surface area contributed by atoms with Crippen LogP contribution in [0.25, 0.3) is 11.1 Å². The molecule has 0 N–H and O–H groups in total. The van der Waals surface area contributed by atoms with Gasteiger partial charge in [0.15, 0.2) is 6.29 Å². The van der Waals surface area contributed by atoms with Crippen LogP contribution in [-0.4, -0.2) is 12.6 Å². The van der Waals surface area contributed by atoms with E-state index in [9.17, 15) is 18.0 Å². The second-order valence-corrected chi connectivity index (χ2v) is 5.72. The average molecular weight is 372 g/mol. The Morgan fingerprint density at radius 3 is 2.30 bits per heavy atom. The highest BCUT2D eigenvalue weighted by Gasteiger charge is 2.31. The van der Waals surface area contributed by atoms with Gasteiger partial charge in [-0.05, 0) is 41.0 Å². The quantitative estimate of drug-likeness (QED) is 0.525. The van der Waals surface area contributed by atoms with Crippen molar-refractivity contribution in [3.05, 3.63) is 83.9 Å². The van der Waals surface area contributed by atoms with Crippen LogP contribution in [0, 0.1) is 0 Å². The molecule has 3 aromatic rings. The van der Waals surface area contributed by atoms with Gasteiger partial charge in [-0.3, -0.25) is 4.79 Å². The van der Waals surface area contributed by atoms with Crippen LogP contribution in [0.2, 0.25) is 0 Å². The van der Waals surface area contributed by atoms with E-state index in [1.807, 2.05) is 30.3 Å². The zero-order chi connectivity index (χ0) is 19.3. The number of rotatable bonds is 6. The Labute approximate surface area is 154 Å². The maximum atomic E-state index is 12.4. The normalized spacial score (nSPS) is 11.1. The Balaban J connectivity index is 1.81. The highest BCUT2D eigenvalue weighted by atomic mass is 19.4. The van der Waals surface area contributed by atoms with Crippen molar-refractivity contribution in [2.45, 2.75) is 13.0 Å². The fraction of sp³-hybridized carbons (Fsp3) is 0.0952.